The van der Waals surface area contributed by atoms with E-state index in [-0.39, 0.29) is 5.84 Å². The van der Waals surface area contributed by atoms with Crippen molar-refractivity contribution in [2.45, 2.75) is 12.3 Å². The van der Waals surface area contributed by atoms with Crippen molar-refractivity contribution in [1.82, 2.24) is 15.5 Å². The van der Waals surface area contributed by atoms with Gasteiger partial charge in [0, 0.05) is 18.0 Å². The van der Waals surface area contributed by atoms with Crippen molar-refractivity contribution in [2.75, 3.05) is 0 Å². The molecule has 0 amide bonds. The second-order valence-corrected chi connectivity index (χ2v) is 4.53. The third-order valence-electron chi connectivity index (χ3n) is 1.39. The van der Waals surface area contributed by atoms with Crippen LogP contribution in [0.3, 0.4) is 0 Å². The molecule has 0 bridgehead atoms. The van der Waals surface area contributed by atoms with Gasteiger partial charge in [0.15, 0.2) is 5.37 Å². The normalized spacial score (nSPS) is 22.9. The fraction of sp³-hybridized carbons (Fsp3) is 0.400. The van der Waals surface area contributed by atoms with E-state index in [4.69, 9.17) is 16.3 Å². The van der Waals surface area contributed by atoms with Crippen molar-refractivity contribution in [1.29, 1.82) is 0 Å². The van der Waals surface area contributed by atoms with Crippen molar-refractivity contribution in [3.05, 3.63) is 12.3 Å². The predicted octanol–water partition coefficient (Wildman–Crippen LogP) is -0.389. The van der Waals surface area contributed by atoms with Gasteiger partial charge in [-0.15, -0.1) is 0 Å². The molecule has 0 radical (unpaired) electrons. The van der Waals surface area contributed by atoms with E-state index in [2.05, 4.69) is 15.8 Å². The van der Waals surface area contributed by atoms with Gasteiger partial charge in [0.05, 0.1) is 0 Å². The van der Waals surface area contributed by atoms with Crippen molar-refractivity contribution in [3.8, 4) is 0 Å². The Hall–Kier alpha value is -0.830. The molecule has 7 nitrogen and oxygen atoms in total. The van der Waals surface area contributed by atoms with Crippen LogP contribution in [0.5, 0.6) is 0 Å². The van der Waals surface area contributed by atoms with Gasteiger partial charge in [-0.2, -0.15) is 8.42 Å². The Morgan fingerprint density at radius 3 is 2.86 bits per heavy atom. The van der Waals surface area contributed by atoms with Gasteiger partial charge in [0.25, 0.3) is 10.1 Å². The fourth-order valence-electron chi connectivity index (χ4n) is 0.686. The summed E-state index contributed by atoms with van der Waals surface area (Å²) in [7, 11) is -4.16. The molecule has 0 aromatic carbocycles. The Bertz CT molecular complexity index is 365. The minimum atomic E-state index is -4.16. The second-order valence-electron chi connectivity index (χ2n) is 2.48. The second kappa shape index (κ2) is 4.13. The average Bonchev–Trinajstić information content (AvgIpc) is 2.02. The standard InChI is InChI=1S/C5H9ClN4O3S/c1-4(14(11,12)13)8-5-2-3-7-10(6)9-5/h2-4,7H,1H3,(H,8,9)(H,11,12,13). The van der Waals surface area contributed by atoms with Gasteiger partial charge < -0.3 is 0 Å². The number of halogens is 1. The van der Waals surface area contributed by atoms with Crippen LogP contribution in [-0.2, 0) is 10.1 Å². The first-order chi connectivity index (χ1) is 6.39. The molecule has 0 saturated carbocycles. The van der Waals surface area contributed by atoms with Crippen molar-refractivity contribution in [2.24, 2.45) is 4.99 Å². The zero-order valence-electron chi connectivity index (χ0n) is 7.18. The maximum Gasteiger partial charge on any atom is 0.288 e. The van der Waals surface area contributed by atoms with E-state index < -0.39 is 15.5 Å². The lowest BCUT2D eigenvalue weighted by Crippen LogP contribution is -2.45. The highest BCUT2D eigenvalue weighted by Gasteiger charge is 2.17. The van der Waals surface area contributed by atoms with Crippen molar-refractivity contribution < 1.29 is 13.0 Å². The highest BCUT2D eigenvalue weighted by atomic mass is 35.5. The molecule has 1 atom stereocenters. The molecule has 0 aromatic heterocycles. The quantitative estimate of drug-likeness (QED) is 0.450. The summed E-state index contributed by atoms with van der Waals surface area (Å²) >= 11 is 5.48. The smallest absolute Gasteiger partial charge is 0.288 e. The van der Waals surface area contributed by atoms with Gasteiger partial charge >= 0.3 is 0 Å². The summed E-state index contributed by atoms with van der Waals surface area (Å²) in [6, 6.07) is 0. The van der Waals surface area contributed by atoms with E-state index in [1.165, 1.54) is 19.2 Å². The van der Waals surface area contributed by atoms with Crippen LogP contribution in [-0.4, -0.2) is 28.8 Å². The maximum absolute atomic E-state index is 10.6. The van der Waals surface area contributed by atoms with Gasteiger partial charge in [0.1, 0.15) is 5.84 Å². The summed E-state index contributed by atoms with van der Waals surface area (Å²) in [6.07, 6.45) is 2.93. The molecule has 0 aromatic rings. The Kier molecular flexibility index (Phi) is 3.32. The third kappa shape index (κ3) is 3.14. The number of amidine groups is 1. The molecule has 0 fully saturated rings. The zero-order chi connectivity index (χ0) is 10.8. The zero-order valence-corrected chi connectivity index (χ0v) is 8.75. The van der Waals surface area contributed by atoms with Gasteiger partial charge in [-0.05, 0) is 17.6 Å². The molecule has 80 valence electrons. The van der Waals surface area contributed by atoms with E-state index >= 15 is 0 Å². The molecule has 1 aliphatic rings. The van der Waals surface area contributed by atoms with Gasteiger partial charge in [0.2, 0.25) is 0 Å². The molecule has 1 unspecified atom stereocenters. The summed E-state index contributed by atoms with van der Waals surface area (Å²) < 4.78 is 30.8. The Balaban J connectivity index is 2.79. The highest BCUT2D eigenvalue weighted by molar-refractivity contribution is 7.86. The monoisotopic (exact) mass is 240 g/mol. The molecule has 0 spiro atoms. The lowest BCUT2D eigenvalue weighted by atomic mass is 10.5. The van der Waals surface area contributed by atoms with Crippen LogP contribution in [0.15, 0.2) is 17.3 Å². The first-order valence-electron chi connectivity index (χ1n) is 3.59. The Labute approximate surface area is 86.2 Å². The van der Waals surface area contributed by atoms with Crippen molar-refractivity contribution >= 4 is 27.7 Å². The number of hydrogen-bond acceptors (Lipinski definition) is 5. The SMILES string of the molecule is CC(N=C1C=CNN(Cl)N1)S(=O)(=O)O. The number of hydrazine groups is 2. The molecule has 14 heavy (non-hydrogen) atoms. The Morgan fingerprint density at radius 2 is 2.36 bits per heavy atom. The average molecular weight is 241 g/mol. The molecule has 9 heteroatoms. The molecule has 1 aliphatic heterocycles. The molecular formula is C5H9ClN4O3S. The number of nitrogens with one attached hydrogen (secondary N) is 2. The largest absolute Gasteiger partial charge is 0.294 e. The third-order valence-corrected chi connectivity index (χ3v) is 2.54. The van der Waals surface area contributed by atoms with Gasteiger partial charge in [-0.25, -0.2) is 4.99 Å². The molecule has 0 saturated heterocycles. The van der Waals surface area contributed by atoms with Crippen LogP contribution in [0.2, 0.25) is 0 Å². The molecular weight excluding hydrogens is 232 g/mol. The first-order valence-corrected chi connectivity index (χ1v) is 5.43. The summed E-state index contributed by atoms with van der Waals surface area (Å²) in [4.78, 5) is 3.67. The van der Waals surface area contributed by atoms with Crippen LogP contribution < -0.4 is 10.9 Å². The maximum atomic E-state index is 10.6. The number of hydrogen-bond donors (Lipinski definition) is 3. The minimum absolute atomic E-state index is 0.226. The topological polar surface area (TPSA) is 94.0 Å². The van der Waals surface area contributed by atoms with Crippen molar-refractivity contribution in [3.63, 3.8) is 0 Å². The summed E-state index contributed by atoms with van der Waals surface area (Å²) in [6.45, 7) is 1.25. The van der Waals surface area contributed by atoms with E-state index in [0.717, 1.165) is 4.64 Å². The summed E-state index contributed by atoms with van der Waals surface area (Å²) in [5.41, 5.74) is 5.03. The number of aliphatic imine (C=N–C) groups is 1. The van der Waals surface area contributed by atoms with Crippen LogP contribution in [0, 0.1) is 0 Å². The lowest BCUT2D eigenvalue weighted by Gasteiger charge is -2.20. The Morgan fingerprint density at radius 1 is 1.71 bits per heavy atom. The highest BCUT2D eigenvalue weighted by Crippen LogP contribution is 2.01. The number of rotatable bonds is 2. The van der Waals surface area contributed by atoms with E-state index in [9.17, 15) is 8.42 Å². The molecule has 1 rings (SSSR count). The molecule has 3 N–H and O–H groups in total. The molecule has 1 heterocycles. The van der Waals surface area contributed by atoms with Gasteiger partial charge in [-0.3, -0.25) is 15.4 Å². The first kappa shape index (κ1) is 11.2. The van der Waals surface area contributed by atoms with Crippen LogP contribution in [0.1, 0.15) is 6.92 Å². The lowest BCUT2D eigenvalue weighted by molar-refractivity contribution is 0.342. The van der Waals surface area contributed by atoms with E-state index in [1.807, 2.05) is 0 Å². The number of nitrogens with zero attached hydrogens (tertiary/aromatic N) is 2. The van der Waals surface area contributed by atoms with Crippen LogP contribution in [0.25, 0.3) is 0 Å². The van der Waals surface area contributed by atoms with Crippen LogP contribution >= 0.6 is 11.8 Å². The minimum Gasteiger partial charge on any atom is -0.294 e. The fourth-order valence-corrected chi connectivity index (χ4v) is 1.08. The van der Waals surface area contributed by atoms with E-state index in [1.54, 1.807) is 0 Å². The van der Waals surface area contributed by atoms with Gasteiger partial charge in [-0.1, -0.05) is 0 Å². The molecule has 0 aliphatic carbocycles. The summed E-state index contributed by atoms with van der Waals surface area (Å²) in [5, 5.41) is -1.24. The summed E-state index contributed by atoms with van der Waals surface area (Å²) in [5.74, 6) is 0.226. The van der Waals surface area contributed by atoms with E-state index in [0.29, 0.717) is 0 Å². The van der Waals surface area contributed by atoms with Crippen LogP contribution in [0.4, 0.5) is 0 Å². The predicted molar refractivity (Wildman–Crippen MR) is 51.5 cm³/mol.